The van der Waals surface area contributed by atoms with Crippen molar-refractivity contribution in [2.24, 2.45) is 0 Å². The number of rotatable bonds is 1. The number of hydrogen-bond acceptors (Lipinski definition) is 6. The standard InChI is InChI=1S/C18H36N6/c1-15(2)9-21-11-17(5,6)23(13(21)19-15)24-14-20-16(3,4)10-22(14)12-18(24,7)8/h13-14,19-20H,9-12H2,1-8H3. The molecule has 2 unspecified atom stereocenters. The molecule has 4 rings (SSSR count). The largest absolute Gasteiger partial charge is 0.282 e. The molecule has 4 aliphatic heterocycles. The molecule has 0 aliphatic carbocycles. The SMILES string of the molecule is CC1(C)CN2CC(C)(C)N(N3C4NC(C)(C)CN4CC3(C)C)C2N1. The molecule has 0 spiro atoms. The third-order valence-electron chi connectivity index (χ3n) is 6.04. The first-order valence-electron chi connectivity index (χ1n) is 9.44. The molecule has 0 amide bonds. The summed E-state index contributed by atoms with van der Waals surface area (Å²) in [5, 5.41) is 13.0. The lowest BCUT2D eigenvalue weighted by atomic mass is 10.0. The van der Waals surface area contributed by atoms with Crippen molar-refractivity contribution in [2.75, 3.05) is 26.2 Å². The van der Waals surface area contributed by atoms with Crippen molar-refractivity contribution in [1.29, 1.82) is 0 Å². The third-order valence-corrected chi connectivity index (χ3v) is 6.04. The van der Waals surface area contributed by atoms with Gasteiger partial charge in [0.25, 0.3) is 0 Å². The first-order valence-corrected chi connectivity index (χ1v) is 9.44. The fraction of sp³-hybridized carbons (Fsp3) is 1.00. The molecule has 0 radical (unpaired) electrons. The van der Waals surface area contributed by atoms with Gasteiger partial charge < -0.3 is 0 Å². The summed E-state index contributed by atoms with van der Waals surface area (Å²) in [6.07, 6.45) is 0.583. The molecule has 6 heteroatoms. The Morgan fingerprint density at radius 2 is 0.917 bits per heavy atom. The first kappa shape index (κ1) is 17.2. The molecule has 0 aromatic rings. The summed E-state index contributed by atoms with van der Waals surface area (Å²) < 4.78 is 0. The Bertz CT molecular complexity index is 492. The van der Waals surface area contributed by atoms with Crippen LogP contribution in [0.25, 0.3) is 0 Å². The number of nitrogens with zero attached hydrogens (tertiary/aromatic N) is 4. The fourth-order valence-electron chi connectivity index (χ4n) is 5.50. The van der Waals surface area contributed by atoms with Gasteiger partial charge in [-0.05, 0) is 55.4 Å². The van der Waals surface area contributed by atoms with Gasteiger partial charge in [0.1, 0.15) is 12.6 Å². The molecule has 2 N–H and O–H groups in total. The minimum absolute atomic E-state index is 0.121. The van der Waals surface area contributed by atoms with Crippen molar-refractivity contribution < 1.29 is 0 Å². The molecule has 24 heavy (non-hydrogen) atoms. The van der Waals surface area contributed by atoms with Crippen LogP contribution in [0.2, 0.25) is 0 Å². The van der Waals surface area contributed by atoms with E-state index in [1.807, 2.05) is 0 Å². The average molecular weight is 337 g/mol. The highest BCUT2D eigenvalue weighted by Gasteiger charge is 2.61. The normalized spacial score (nSPS) is 41.0. The molecule has 4 aliphatic rings. The summed E-state index contributed by atoms with van der Waals surface area (Å²) in [6.45, 7) is 23.2. The summed E-state index contributed by atoms with van der Waals surface area (Å²) in [4.78, 5) is 5.22. The maximum Gasteiger partial charge on any atom is 0.131 e. The van der Waals surface area contributed by atoms with Crippen LogP contribution in [0.1, 0.15) is 55.4 Å². The smallest absolute Gasteiger partial charge is 0.131 e. The third kappa shape index (κ3) is 2.46. The summed E-state index contributed by atoms with van der Waals surface area (Å²) >= 11 is 0. The highest BCUT2D eigenvalue weighted by molar-refractivity contribution is 5.10. The van der Waals surface area contributed by atoms with Gasteiger partial charge in [-0.1, -0.05) is 0 Å². The molecule has 2 atom stereocenters. The highest BCUT2D eigenvalue weighted by Crippen LogP contribution is 2.43. The molecular weight excluding hydrogens is 300 g/mol. The van der Waals surface area contributed by atoms with Crippen molar-refractivity contribution in [3.8, 4) is 0 Å². The minimum atomic E-state index is 0.121. The van der Waals surface area contributed by atoms with Crippen LogP contribution in [0, 0.1) is 0 Å². The van der Waals surface area contributed by atoms with Crippen LogP contribution in [0.5, 0.6) is 0 Å². The van der Waals surface area contributed by atoms with Crippen LogP contribution in [0.3, 0.4) is 0 Å². The first-order chi connectivity index (χ1) is 10.8. The van der Waals surface area contributed by atoms with E-state index in [1.54, 1.807) is 0 Å². The van der Waals surface area contributed by atoms with E-state index >= 15 is 0 Å². The maximum absolute atomic E-state index is 3.88. The lowest BCUT2D eigenvalue weighted by Crippen LogP contribution is -2.68. The monoisotopic (exact) mass is 336 g/mol. The molecule has 6 nitrogen and oxygen atoms in total. The van der Waals surface area contributed by atoms with Gasteiger partial charge >= 0.3 is 0 Å². The molecule has 0 aromatic heterocycles. The van der Waals surface area contributed by atoms with Gasteiger partial charge in [0.15, 0.2) is 0 Å². The van der Waals surface area contributed by atoms with E-state index in [1.165, 1.54) is 0 Å². The van der Waals surface area contributed by atoms with Crippen LogP contribution in [0.4, 0.5) is 0 Å². The predicted molar refractivity (Wildman–Crippen MR) is 97.0 cm³/mol. The molecule has 4 saturated heterocycles. The van der Waals surface area contributed by atoms with Gasteiger partial charge in [-0.15, -0.1) is 0 Å². The van der Waals surface area contributed by atoms with Gasteiger partial charge in [0, 0.05) is 48.3 Å². The van der Waals surface area contributed by atoms with Gasteiger partial charge in [0.2, 0.25) is 0 Å². The minimum Gasteiger partial charge on any atom is -0.282 e. The molecule has 0 saturated carbocycles. The Labute approximate surface area is 147 Å². The van der Waals surface area contributed by atoms with E-state index < -0.39 is 0 Å². The maximum atomic E-state index is 3.88. The van der Waals surface area contributed by atoms with Crippen molar-refractivity contribution >= 4 is 0 Å². The van der Waals surface area contributed by atoms with Crippen molar-refractivity contribution in [3.63, 3.8) is 0 Å². The second-order valence-corrected chi connectivity index (χ2v) is 10.9. The Hall–Kier alpha value is -0.240. The van der Waals surface area contributed by atoms with Gasteiger partial charge in [-0.25, -0.2) is 10.0 Å². The second kappa shape index (κ2) is 4.72. The van der Waals surface area contributed by atoms with Gasteiger partial charge in [0.05, 0.1) is 0 Å². The Morgan fingerprint density at radius 3 is 1.25 bits per heavy atom. The second-order valence-electron chi connectivity index (χ2n) is 10.9. The van der Waals surface area contributed by atoms with E-state index in [9.17, 15) is 0 Å². The van der Waals surface area contributed by atoms with E-state index in [-0.39, 0.29) is 22.2 Å². The molecule has 4 fully saturated rings. The van der Waals surface area contributed by atoms with Crippen LogP contribution in [0.15, 0.2) is 0 Å². The summed E-state index contributed by atoms with van der Waals surface area (Å²) in [6, 6.07) is 0. The van der Waals surface area contributed by atoms with E-state index in [4.69, 9.17) is 0 Å². The van der Waals surface area contributed by atoms with Crippen molar-refractivity contribution in [3.05, 3.63) is 0 Å². The number of hydrogen-bond donors (Lipinski definition) is 2. The van der Waals surface area contributed by atoms with Crippen LogP contribution in [-0.2, 0) is 0 Å². The molecule has 0 aromatic carbocycles. The quantitative estimate of drug-likeness (QED) is 0.745. The lowest BCUT2D eigenvalue weighted by Gasteiger charge is -2.49. The Morgan fingerprint density at radius 1 is 0.583 bits per heavy atom. The Balaban J connectivity index is 1.70. The van der Waals surface area contributed by atoms with E-state index in [2.05, 4.69) is 85.8 Å². The summed E-state index contributed by atoms with van der Waals surface area (Å²) in [5.74, 6) is 0. The van der Waals surface area contributed by atoms with E-state index in [0.717, 1.165) is 26.2 Å². The Kier molecular flexibility index (Phi) is 3.38. The van der Waals surface area contributed by atoms with Crippen LogP contribution < -0.4 is 10.6 Å². The molecule has 0 bridgehead atoms. The van der Waals surface area contributed by atoms with Crippen LogP contribution in [-0.4, -0.2) is 80.7 Å². The number of hydrazine groups is 1. The average Bonchev–Trinajstić information content (AvgIpc) is 2.92. The van der Waals surface area contributed by atoms with Crippen molar-refractivity contribution in [2.45, 2.75) is 90.1 Å². The van der Waals surface area contributed by atoms with Gasteiger partial charge in [-0.2, -0.15) is 0 Å². The van der Waals surface area contributed by atoms with Crippen molar-refractivity contribution in [1.82, 2.24) is 30.5 Å². The number of fused-ring (bicyclic) bond motifs is 2. The fourth-order valence-corrected chi connectivity index (χ4v) is 5.50. The summed E-state index contributed by atoms with van der Waals surface area (Å²) in [5.41, 5.74) is 0.586. The zero-order valence-corrected chi connectivity index (χ0v) is 16.8. The zero-order valence-electron chi connectivity index (χ0n) is 16.8. The molecule has 138 valence electrons. The molecule has 4 heterocycles. The predicted octanol–water partition coefficient (Wildman–Crippen LogP) is 1.02. The van der Waals surface area contributed by atoms with E-state index in [0.29, 0.717) is 12.6 Å². The topological polar surface area (TPSA) is 37.0 Å². The lowest BCUT2D eigenvalue weighted by molar-refractivity contribution is -0.177. The molecular formula is C18H36N6. The van der Waals surface area contributed by atoms with Crippen LogP contribution >= 0.6 is 0 Å². The number of nitrogens with one attached hydrogen (secondary N) is 2. The highest BCUT2D eigenvalue weighted by atomic mass is 15.9. The van der Waals surface area contributed by atoms with Gasteiger partial charge in [-0.3, -0.25) is 20.4 Å². The zero-order chi connectivity index (χ0) is 17.7. The summed E-state index contributed by atoms with van der Waals surface area (Å²) in [7, 11) is 0.